The van der Waals surface area contributed by atoms with Crippen molar-refractivity contribution in [3.05, 3.63) is 64.6 Å². The van der Waals surface area contributed by atoms with Gasteiger partial charge in [-0.1, -0.05) is 69.8 Å². The predicted octanol–water partition coefficient (Wildman–Crippen LogP) is 4.30. The Morgan fingerprint density at radius 3 is 2.57 bits per heavy atom. The highest BCUT2D eigenvalue weighted by atomic mass is 79.9. The zero-order chi connectivity index (χ0) is 21.1. The fourth-order valence-electron chi connectivity index (χ4n) is 2.88. The largest absolute Gasteiger partial charge is 0.303 e. The average molecular weight is 503 g/mol. The molecule has 2 aromatic carbocycles. The van der Waals surface area contributed by atoms with Gasteiger partial charge in [0.2, 0.25) is 5.91 Å². The molecule has 152 valence electrons. The summed E-state index contributed by atoms with van der Waals surface area (Å²) in [4.78, 5) is 38.4. The highest BCUT2D eigenvalue weighted by molar-refractivity contribution is 9.10. The number of para-hydroxylation sites is 1. The number of carbonyl (C=O) groups is 3. The highest BCUT2D eigenvalue weighted by Gasteiger charge is 2.33. The summed E-state index contributed by atoms with van der Waals surface area (Å²) in [5.41, 5.74) is 1.27. The molecule has 1 unspecified atom stereocenters. The minimum absolute atomic E-state index is 0.0677. The summed E-state index contributed by atoms with van der Waals surface area (Å²) < 4.78 is 0.883. The minimum atomic E-state index is -0.565. The molecule has 1 N–H and O–H groups in total. The second-order valence-corrected chi connectivity index (χ2v) is 9.41. The van der Waals surface area contributed by atoms with Crippen molar-refractivity contribution in [2.75, 3.05) is 10.7 Å². The zero-order valence-corrected chi connectivity index (χ0v) is 18.7. The van der Waals surface area contributed by atoms with Gasteiger partial charge in [0, 0.05) is 16.5 Å². The second kappa shape index (κ2) is 9.15. The van der Waals surface area contributed by atoms with Crippen LogP contribution < -0.4 is 10.2 Å². The average Bonchev–Trinajstić information content (AvgIpc) is 3.29. The number of nitrogens with one attached hydrogen (secondary N) is 1. The van der Waals surface area contributed by atoms with E-state index in [4.69, 9.17) is 0 Å². The van der Waals surface area contributed by atoms with Gasteiger partial charge in [-0.25, -0.2) is 0 Å². The van der Waals surface area contributed by atoms with Gasteiger partial charge in [-0.2, -0.15) is 0 Å². The summed E-state index contributed by atoms with van der Waals surface area (Å²) >= 11 is 5.65. The maximum Gasteiger partial charge on any atom is 0.292 e. The number of nitrogens with zero attached hydrogens (tertiary/aromatic N) is 3. The number of halogens is 1. The van der Waals surface area contributed by atoms with E-state index < -0.39 is 5.25 Å². The van der Waals surface area contributed by atoms with Gasteiger partial charge in [0.15, 0.2) is 11.0 Å². The van der Waals surface area contributed by atoms with Crippen LogP contribution in [-0.2, 0) is 4.79 Å². The summed E-state index contributed by atoms with van der Waals surface area (Å²) in [5.74, 6) is 0.499. The molecule has 4 rings (SSSR count). The maximum absolute atomic E-state index is 12.4. The van der Waals surface area contributed by atoms with Crippen molar-refractivity contribution < 1.29 is 14.4 Å². The van der Waals surface area contributed by atoms with Crippen molar-refractivity contribution in [2.24, 2.45) is 10.2 Å². The van der Waals surface area contributed by atoms with Crippen LogP contribution in [0.2, 0.25) is 0 Å². The van der Waals surface area contributed by atoms with Crippen LogP contribution in [0.25, 0.3) is 0 Å². The summed E-state index contributed by atoms with van der Waals surface area (Å²) in [6, 6.07) is 16.2. The van der Waals surface area contributed by atoms with Gasteiger partial charge < -0.3 is 5.32 Å². The fraction of sp³-hybridized carbons (Fsp3) is 0.150. The second-order valence-electron chi connectivity index (χ2n) is 6.38. The number of hydrogen-bond donors (Lipinski definition) is 1. The molecular formula is C20H15BrN4O3S2. The number of amides is 2. The third-order valence-electron chi connectivity index (χ3n) is 4.35. The first kappa shape index (κ1) is 20.8. The third kappa shape index (κ3) is 4.66. The van der Waals surface area contributed by atoms with Crippen LogP contribution in [0.1, 0.15) is 16.8 Å². The van der Waals surface area contributed by atoms with E-state index in [0.29, 0.717) is 28.0 Å². The van der Waals surface area contributed by atoms with Crippen LogP contribution in [0, 0.1) is 0 Å². The van der Waals surface area contributed by atoms with E-state index >= 15 is 0 Å². The van der Waals surface area contributed by atoms with E-state index in [2.05, 4.69) is 31.4 Å². The Balaban J connectivity index is 1.45. The molecule has 2 saturated heterocycles. The Bertz CT molecular complexity index is 1060. The van der Waals surface area contributed by atoms with E-state index in [0.717, 1.165) is 16.2 Å². The Morgan fingerprint density at radius 1 is 1.10 bits per heavy atom. The molecule has 10 heteroatoms. The van der Waals surface area contributed by atoms with E-state index in [-0.39, 0.29) is 23.4 Å². The molecule has 2 amide bonds. The van der Waals surface area contributed by atoms with Crippen LogP contribution in [0.3, 0.4) is 0 Å². The fourth-order valence-corrected chi connectivity index (χ4v) is 4.84. The smallest absolute Gasteiger partial charge is 0.292 e. The molecule has 0 aromatic heterocycles. The van der Waals surface area contributed by atoms with E-state index in [1.165, 1.54) is 16.7 Å². The van der Waals surface area contributed by atoms with Crippen molar-refractivity contribution in [3.8, 4) is 0 Å². The number of benzene rings is 2. The molecule has 0 aliphatic carbocycles. The van der Waals surface area contributed by atoms with Crippen molar-refractivity contribution in [3.63, 3.8) is 0 Å². The topological polar surface area (TPSA) is 91.2 Å². The van der Waals surface area contributed by atoms with E-state index in [1.807, 2.05) is 30.3 Å². The Hall–Kier alpha value is -2.43. The molecule has 0 saturated carbocycles. The lowest BCUT2D eigenvalue weighted by molar-refractivity contribution is -0.118. The van der Waals surface area contributed by atoms with Crippen molar-refractivity contribution >= 4 is 73.1 Å². The molecule has 2 heterocycles. The van der Waals surface area contributed by atoms with E-state index in [9.17, 15) is 14.4 Å². The minimum Gasteiger partial charge on any atom is -0.303 e. The molecule has 2 aromatic rings. The molecular weight excluding hydrogens is 488 g/mol. The monoisotopic (exact) mass is 502 g/mol. The molecule has 2 fully saturated rings. The van der Waals surface area contributed by atoms with Crippen LogP contribution in [0.4, 0.5) is 10.5 Å². The van der Waals surface area contributed by atoms with Gasteiger partial charge >= 0.3 is 0 Å². The van der Waals surface area contributed by atoms with Gasteiger partial charge in [0.25, 0.3) is 5.24 Å². The lowest BCUT2D eigenvalue weighted by Gasteiger charge is -2.14. The molecule has 0 radical (unpaired) electrons. The molecule has 0 spiro atoms. The SMILES string of the molecule is O=C(CC1S/C(=N/N=C2\CSC(=O)N2c2ccccc2)NC1=O)c1ccc(Br)cc1. The van der Waals surface area contributed by atoms with Gasteiger partial charge in [-0.3, -0.25) is 19.3 Å². The first-order valence-corrected chi connectivity index (χ1v) is 11.6. The Morgan fingerprint density at radius 2 is 1.83 bits per heavy atom. The van der Waals surface area contributed by atoms with Crippen molar-refractivity contribution in [1.29, 1.82) is 0 Å². The van der Waals surface area contributed by atoms with Crippen LogP contribution >= 0.6 is 39.5 Å². The van der Waals surface area contributed by atoms with Gasteiger partial charge in [0.05, 0.1) is 16.7 Å². The number of rotatable bonds is 5. The predicted molar refractivity (Wildman–Crippen MR) is 124 cm³/mol. The highest BCUT2D eigenvalue weighted by Crippen LogP contribution is 2.28. The quantitative estimate of drug-likeness (QED) is 0.486. The number of ketones is 1. The number of anilines is 1. The number of hydrogen-bond acceptors (Lipinski definition) is 7. The maximum atomic E-state index is 12.4. The van der Waals surface area contributed by atoms with Gasteiger partial charge in [-0.15, -0.1) is 10.2 Å². The number of amidine groups is 2. The lowest BCUT2D eigenvalue weighted by Crippen LogP contribution is -2.28. The van der Waals surface area contributed by atoms with Crippen LogP contribution in [0.5, 0.6) is 0 Å². The summed E-state index contributed by atoms with van der Waals surface area (Å²) in [6.07, 6.45) is 0.0677. The number of Topliss-reactive ketones (excluding diaryl/α,β-unsaturated/α-hetero) is 1. The molecule has 2 aliphatic rings. The zero-order valence-electron chi connectivity index (χ0n) is 15.4. The molecule has 30 heavy (non-hydrogen) atoms. The standard InChI is InChI=1S/C20H15BrN4O3S2/c21-13-8-6-12(7-9-13)15(26)10-16-18(27)22-19(30-16)24-23-17-11-29-20(28)25(17)14-4-2-1-3-5-14/h1-9,16H,10-11H2,(H,22,24,27)/b23-17+. The Kier molecular flexibility index (Phi) is 6.35. The van der Waals surface area contributed by atoms with Gasteiger partial charge in [-0.05, 0) is 24.3 Å². The number of thioether (sulfide) groups is 2. The van der Waals surface area contributed by atoms with Crippen molar-refractivity contribution in [2.45, 2.75) is 11.7 Å². The molecule has 0 bridgehead atoms. The lowest BCUT2D eigenvalue weighted by atomic mass is 10.1. The third-order valence-corrected chi connectivity index (χ3v) is 6.78. The molecule has 2 aliphatic heterocycles. The van der Waals surface area contributed by atoms with E-state index in [1.54, 1.807) is 24.3 Å². The number of carbonyl (C=O) groups excluding carboxylic acids is 3. The van der Waals surface area contributed by atoms with Crippen LogP contribution in [0.15, 0.2) is 69.3 Å². The first-order chi connectivity index (χ1) is 14.5. The summed E-state index contributed by atoms with van der Waals surface area (Å²) in [5, 5.41) is 10.6. The molecule has 7 nitrogen and oxygen atoms in total. The summed E-state index contributed by atoms with van der Waals surface area (Å²) in [6.45, 7) is 0. The van der Waals surface area contributed by atoms with Gasteiger partial charge in [0.1, 0.15) is 5.84 Å². The Labute approximate surface area is 189 Å². The normalized spacial score (nSPS) is 21.5. The van der Waals surface area contributed by atoms with Crippen molar-refractivity contribution in [1.82, 2.24) is 5.32 Å². The summed E-state index contributed by atoms with van der Waals surface area (Å²) in [7, 11) is 0. The first-order valence-electron chi connectivity index (χ1n) is 8.94. The molecule has 1 atom stereocenters. The van der Waals surface area contributed by atoms with Crippen LogP contribution in [-0.4, -0.2) is 38.9 Å².